The van der Waals surface area contributed by atoms with Crippen molar-refractivity contribution in [2.24, 2.45) is 11.3 Å². The highest BCUT2D eigenvalue weighted by atomic mass is 32.2. The van der Waals surface area contributed by atoms with Gasteiger partial charge in [0.2, 0.25) is 10.0 Å². The lowest BCUT2D eigenvalue weighted by molar-refractivity contribution is -0.182. The van der Waals surface area contributed by atoms with E-state index in [0.717, 1.165) is 4.31 Å². The highest BCUT2D eigenvalue weighted by Crippen LogP contribution is 2.34. The van der Waals surface area contributed by atoms with Crippen LogP contribution in [-0.4, -0.2) is 37.7 Å². The summed E-state index contributed by atoms with van der Waals surface area (Å²) in [5, 5.41) is 0. The molecule has 7 heteroatoms. The van der Waals surface area contributed by atoms with Gasteiger partial charge in [-0.2, -0.15) is 13.2 Å². The van der Waals surface area contributed by atoms with Crippen LogP contribution in [0.15, 0.2) is 0 Å². The van der Waals surface area contributed by atoms with Crippen molar-refractivity contribution >= 4 is 10.0 Å². The second kappa shape index (κ2) is 5.00. The minimum Gasteiger partial charge on any atom is -0.212 e. The molecule has 0 aromatic rings. The smallest absolute Gasteiger partial charge is 0.212 e. The van der Waals surface area contributed by atoms with Gasteiger partial charge >= 0.3 is 6.18 Å². The Morgan fingerprint density at radius 2 is 1.78 bits per heavy atom. The minimum atomic E-state index is -4.31. The molecule has 0 saturated carbocycles. The topological polar surface area (TPSA) is 37.4 Å². The third kappa shape index (κ3) is 4.42. The third-order valence-corrected chi connectivity index (χ3v) is 5.21. The number of rotatable bonds is 2. The summed E-state index contributed by atoms with van der Waals surface area (Å²) in [6.07, 6.45) is -4.02. The Bertz CT molecular complexity index is 384. The monoisotopic (exact) mass is 287 g/mol. The number of sulfonamides is 1. The van der Waals surface area contributed by atoms with Crippen molar-refractivity contribution in [3.05, 3.63) is 0 Å². The molecule has 0 amide bonds. The van der Waals surface area contributed by atoms with Crippen molar-refractivity contribution < 1.29 is 21.6 Å². The summed E-state index contributed by atoms with van der Waals surface area (Å²) in [4.78, 5) is 0. The molecule has 1 heterocycles. The fourth-order valence-corrected chi connectivity index (χ4v) is 4.19. The second-order valence-corrected chi connectivity index (χ2v) is 8.02. The quantitative estimate of drug-likeness (QED) is 0.783. The van der Waals surface area contributed by atoms with Gasteiger partial charge in [0.05, 0.1) is 11.7 Å². The van der Waals surface area contributed by atoms with Crippen LogP contribution in [0.1, 0.15) is 33.6 Å². The van der Waals surface area contributed by atoms with Gasteiger partial charge in [-0.25, -0.2) is 12.7 Å². The first-order chi connectivity index (χ1) is 7.92. The Labute approximate surface area is 106 Å². The molecule has 1 aliphatic rings. The predicted octanol–water partition coefficient (Wildman–Crippen LogP) is 2.64. The van der Waals surface area contributed by atoms with Crippen molar-refractivity contribution in [2.75, 3.05) is 18.8 Å². The largest absolute Gasteiger partial charge is 0.393 e. The summed E-state index contributed by atoms with van der Waals surface area (Å²) < 4.78 is 62.9. The third-order valence-electron chi connectivity index (χ3n) is 2.86. The lowest BCUT2D eigenvalue weighted by Gasteiger charge is -2.34. The van der Waals surface area contributed by atoms with Crippen molar-refractivity contribution in [3.8, 4) is 0 Å². The molecule has 18 heavy (non-hydrogen) atoms. The molecule has 1 saturated heterocycles. The van der Waals surface area contributed by atoms with Gasteiger partial charge in [0.25, 0.3) is 0 Å². The molecule has 1 fully saturated rings. The molecule has 0 aliphatic carbocycles. The normalized spacial score (nSPS) is 24.2. The Hall–Kier alpha value is -0.300. The molecule has 1 aliphatic heterocycles. The van der Waals surface area contributed by atoms with Crippen LogP contribution in [-0.2, 0) is 10.0 Å². The van der Waals surface area contributed by atoms with Gasteiger partial charge in [0, 0.05) is 13.1 Å². The molecule has 0 aromatic heterocycles. The maximum absolute atomic E-state index is 12.6. The van der Waals surface area contributed by atoms with E-state index in [4.69, 9.17) is 0 Å². The first kappa shape index (κ1) is 15.8. The van der Waals surface area contributed by atoms with E-state index in [1.807, 2.05) is 0 Å². The van der Waals surface area contributed by atoms with Crippen LogP contribution in [0.3, 0.4) is 0 Å². The minimum absolute atomic E-state index is 0.0189. The standard InChI is InChI=1S/C11H20F3NO2S/c1-10(2,3)8-18(16,17)15-6-4-5-9(7-15)11(12,13)14/h9H,4-8H2,1-3H3/t9-/m0/s1. The molecular formula is C11H20F3NO2S. The van der Waals surface area contributed by atoms with Crippen molar-refractivity contribution in [2.45, 2.75) is 39.8 Å². The molecule has 0 bridgehead atoms. The lowest BCUT2D eigenvalue weighted by atomic mass is 9.99. The van der Waals surface area contributed by atoms with Gasteiger partial charge in [0.15, 0.2) is 0 Å². The summed E-state index contributed by atoms with van der Waals surface area (Å²) in [5.74, 6) is -1.65. The molecule has 1 atom stereocenters. The van der Waals surface area contributed by atoms with Crippen molar-refractivity contribution in [3.63, 3.8) is 0 Å². The number of hydrogen-bond acceptors (Lipinski definition) is 2. The molecule has 3 nitrogen and oxygen atoms in total. The molecule has 1 rings (SSSR count). The van der Waals surface area contributed by atoms with E-state index >= 15 is 0 Å². The summed E-state index contributed by atoms with van der Waals surface area (Å²) in [5.41, 5.74) is -0.454. The van der Waals surface area contributed by atoms with E-state index in [9.17, 15) is 21.6 Å². The van der Waals surface area contributed by atoms with Gasteiger partial charge in [0.1, 0.15) is 0 Å². The molecule has 0 aromatic carbocycles. The van der Waals surface area contributed by atoms with E-state index < -0.39 is 34.1 Å². The van der Waals surface area contributed by atoms with Crippen LogP contribution >= 0.6 is 0 Å². The van der Waals surface area contributed by atoms with Crippen molar-refractivity contribution in [1.82, 2.24) is 4.31 Å². The van der Waals surface area contributed by atoms with Gasteiger partial charge in [-0.05, 0) is 18.3 Å². The highest BCUT2D eigenvalue weighted by Gasteiger charge is 2.44. The van der Waals surface area contributed by atoms with E-state index in [1.165, 1.54) is 0 Å². The SMILES string of the molecule is CC(C)(C)CS(=O)(=O)N1CCC[C@H](C(F)(F)F)C1. The summed E-state index contributed by atoms with van der Waals surface area (Å²) >= 11 is 0. The van der Waals surface area contributed by atoms with E-state index in [0.29, 0.717) is 0 Å². The van der Waals surface area contributed by atoms with E-state index in [-0.39, 0.29) is 25.1 Å². The Balaban J connectivity index is 2.78. The summed E-state index contributed by atoms with van der Waals surface area (Å²) in [7, 11) is -3.60. The average Bonchev–Trinajstić information content (AvgIpc) is 2.13. The Morgan fingerprint density at radius 3 is 2.22 bits per heavy atom. The highest BCUT2D eigenvalue weighted by molar-refractivity contribution is 7.89. The number of hydrogen-bond donors (Lipinski definition) is 0. The average molecular weight is 287 g/mol. The first-order valence-corrected chi connectivity index (χ1v) is 7.57. The predicted molar refractivity (Wildman–Crippen MR) is 63.6 cm³/mol. The van der Waals surface area contributed by atoms with E-state index in [2.05, 4.69) is 0 Å². The first-order valence-electron chi connectivity index (χ1n) is 5.96. The van der Waals surface area contributed by atoms with Crippen molar-refractivity contribution in [1.29, 1.82) is 0 Å². The Kier molecular flexibility index (Phi) is 4.37. The molecule has 0 radical (unpaired) electrons. The molecule has 0 unspecified atom stereocenters. The van der Waals surface area contributed by atoms with Crippen LogP contribution in [0.5, 0.6) is 0 Å². The summed E-state index contributed by atoms with van der Waals surface area (Å²) in [6, 6.07) is 0. The second-order valence-electron chi connectivity index (χ2n) is 6.06. The van der Waals surface area contributed by atoms with Gasteiger partial charge < -0.3 is 0 Å². The molecule has 108 valence electrons. The van der Waals surface area contributed by atoms with E-state index in [1.54, 1.807) is 20.8 Å². The van der Waals surface area contributed by atoms with Crippen LogP contribution in [0.25, 0.3) is 0 Å². The van der Waals surface area contributed by atoms with Gasteiger partial charge in [-0.15, -0.1) is 0 Å². The van der Waals surface area contributed by atoms with Crippen LogP contribution in [0, 0.1) is 11.3 Å². The maximum Gasteiger partial charge on any atom is 0.393 e. The van der Waals surface area contributed by atoms with Crippen LogP contribution < -0.4 is 0 Å². The lowest BCUT2D eigenvalue weighted by Crippen LogP contribution is -2.46. The number of nitrogens with zero attached hydrogens (tertiary/aromatic N) is 1. The van der Waals surface area contributed by atoms with Crippen LogP contribution in [0.4, 0.5) is 13.2 Å². The fraction of sp³-hybridized carbons (Fsp3) is 1.00. The number of alkyl halides is 3. The summed E-state index contributed by atoms with van der Waals surface area (Å²) in [6.45, 7) is 5.05. The van der Waals surface area contributed by atoms with Gasteiger partial charge in [-0.3, -0.25) is 0 Å². The Morgan fingerprint density at radius 1 is 1.22 bits per heavy atom. The molecular weight excluding hydrogens is 267 g/mol. The van der Waals surface area contributed by atoms with Crippen LogP contribution in [0.2, 0.25) is 0 Å². The fourth-order valence-electron chi connectivity index (χ4n) is 2.10. The number of piperidine rings is 1. The molecule has 0 N–H and O–H groups in total. The van der Waals surface area contributed by atoms with Gasteiger partial charge in [-0.1, -0.05) is 20.8 Å². The zero-order chi connectivity index (χ0) is 14.2. The maximum atomic E-state index is 12.6. The number of halogens is 3. The molecule has 0 spiro atoms. The zero-order valence-electron chi connectivity index (χ0n) is 10.9. The zero-order valence-corrected chi connectivity index (χ0v) is 11.7.